The largest absolute Gasteiger partial charge is 0.481 e. The van der Waals surface area contributed by atoms with E-state index in [-0.39, 0.29) is 18.4 Å². The Labute approximate surface area is 125 Å². The average molecular weight is 292 g/mol. The Morgan fingerprint density at radius 1 is 1.29 bits per heavy atom. The molecule has 0 heterocycles. The van der Waals surface area contributed by atoms with Gasteiger partial charge in [0.15, 0.2) is 0 Å². The lowest BCUT2D eigenvalue weighted by atomic mass is 10.0. The number of hydrogen-bond acceptors (Lipinski definition) is 3. The number of hydrogen-bond donors (Lipinski definition) is 3. The first kappa shape index (κ1) is 17.2. The van der Waals surface area contributed by atoms with Crippen LogP contribution in [0.5, 0.6) is 0 Å². The van der Waals surface area contributed by atoms with Crippen molar-refractivity contribution in [2.45, 2.75) is 38.6 Å². The van der Waals surface area contributed by atoms with Gasteiger partial charge in [0.1, 0.15) is 0 Å². The number of rotatable bonds is 9. The van der Waals surface area contributed by atoms with E-state index < -0.39 is 5.97 Å². The Morgan fingerprint density at radius 3 is 2.62 bits per heavy atom. The fraction of sp³-hybridized carbons (Fsp3) is 0.500. The number of amides is 1. The lowest BCUT2D eigenvalue weighted by Crippen LogP contribution is -2.37. The summed E-state index contributed by atoms with van der Waals surface area (Å²) >= 11 is 0. The highest BCUT2D eigenvalue weighted by atomic mass is 16.4. The van der Waals surface area contributed by atoms with Crippen LogP contribution in [0.25, 0.3) is 0 Å². The topological polar surface area (TPSA) is 78.4 Å². The summed E-state index contributed by atoms with van der Waals surface area (Å²) < 4.78 is 0. The molecule has 1 amide bonds. The molecule has 1 atom stereocenters. The van der Waals surface area contributed by atoms with Crippen molar-refractivity contribution >= 4 is 11.9 Å². The molecule has 0 spiro atoms. The van der Waals surface area contributed by atoms with Crippen LogP contribution in [0.15, 0.2) is 24.3 Å². The zero-order valence-corrected chi connectivity index (χ0v) is 12.7. The van der Waals surface area contributed by atoms with Crippen LogP contribution in [0.3, 0.4) is 0 Å². The smallest absolute Gasteiger partial charge is 0.305 e. The van der Waals surface area contributed by atoms with Gasteiger partial charge in [0.25, 0.3) is 5.91 Å². The number of carboxylic acids is 1. The van der Waals surface area contributed by atoms with Gasteiger partial charge in [0.2, 0.25) is 0 Å². The summed E-state index contributed by atoms with van der Waals surface area (Å²) in [4.78, 5) is 23.2. The van der Waals surface area contributed by atoms with E-state index in [2.05, 4.69) is 10.6 Å². The molecule has 3 N–H and O–H groups in total. The predicted octanol–water partition coefficient (Wildman–Crippen LogP) is 1.82. The summed E-state index contributed by atoms with van der Waals surface area (Å²) in [7, 11) is 1.87. The van der Waals surface area contributed by atoms with E-state index >= 15 is 0 Å². The van der Waals surface area contributed by atoms with Crippen molar-refractivity contribution in [3.63, 3.8) is 0 Å². The van der Waals surface area contributed by atoms with E-state index in [0.29, 0.717) is 12.0 Å². The molecule has 1 aromatic rings. The first-order valence-electron chi connectivity index (χ1n) is 7.33. The van der Waals surface area contributed by atoms with E-state index in [1.54, 1.807) is 6.07 Å². The van der Waals surface area contributed by atoms with Gasteiger partial charge < -0.3 is 15.7 Å². The fourth-order valence-electron chi connectivity index (χ4n) is 2.27. The summed E-state index contributed by atoms with van der Waals surface area (Å²) in [6.07, 6.45) is 2.21. The second-order valence-electron chi connectivity index (χ2n) is 5.07. The summed E-state index contributed by atoms with van der Waals surface area (Å²) in [5.74, 6) is -1.08. The van der Waals surface area contributed by atoms with Crippen LogP contribution in [0, 0.1) is 0 Å². The molecule has 1 aromatic carbocycles. The third-order valence-corrected chi connectivity index (χ3v) is 3.30. The second kappa shape index (κ2) is 9.13. The van der Waals surface area contributed by atoms with Crippen molar-refractivity contribution in [1.29, 1.82) is 0 Å². The Kier molecular flexibility index (Phi) is 7.46. The molecule has 116 valence electrons. The van der Waals surface area contributed by atoms with Crippen LogP contribution in [-0.4, -0.2) is 36.6 Å². The number of aliphatic carboxylic acids is 1. The molecule has 0 fully saturated rings. The minimum atomic E-state index is -0.891. The zero-order chi connectivity index (χ0) is 15.7. The van der Waals surface area contributed by atoms with Crippen LogP contribution < -0.4 is 10.6 Å². The van der Waals surface area contributed by atoms with Crippen LogP contribution in [0.4, 0.5) is 0 Å². The first-order valence-corrected chi connectivity index (χ1v) is 7.33. The number of carbonyl (C=O) groups excluding carboxylic acids is 1. The van der Waals surface area contributed by atoms with Crippen LogP contribution in [-0.2, 0) is 11.2 Å². The maximum absolute atomic E-state index is 12.4. The molecule has 5 heteroatoms. The summed E-state index contributed by atoms with van der Waals surface area (Å²) in [6, 6.07) is 7.12. The lowest BCUT2D eigenvalue weighted by Gasteiger charge is -2.17. The molecule has 0 saturated carbocycles. The quantitative estimate of drug-likeness (QED) is 0.649. The monoisotopic (exact) mass is 292 g/mol. The van der Waals surface area contributed by atoms with Gasteiger partial charge in [0.05, 0.1) is 6.42 Å². The lowest BCUT2D eigenvalue weighted by molar-refractivity contribution is -0.137. The van der Waals surface area contributed by atoms with Gasteiger partial charge >= 0.3 is 5.97 Å². The standard InChI is InChI=1S/C16H24N2O3/c1-3-6-13(11-15(19)20)18-16(21)14-8-5-4-7-12(14)9-10-17-2/h4-5,7-8,13,17H,3,6,9-11H2,1-2H3,(H,18,21)(H,19,20). The molecule has 5 nitrogen and oxygen atoms in total. The highest BCUT2D eigenvalue weighted by Gasteiger charge is 2.17. The van der Waals surface area contributed by atoms with E-state index in [1.807, 2.05) is 32.2 Å². The van der Waals surface area contributed by atoms with Crippen molar-refractivity contribution in [3.05, 3.63) is 35.4 Å². The maximum atomic E-state index is 12.4. The highest BCUT2D eigenvalue weighted by molar-refractivity contribution is 5.96. The van der Waals surface area contributed by atoms with Gasteiger partial charge in [-0.3, -0.25) is 9.59 Å². The van der Waals surface area contributed by atoms with Gasteiger partial charge in [0, 0.05) is 11.6 Å². The molecule has 0 bridgehead atoms. The van der Waals surface area contributed by atoms with Crippen molar-refractivity contribution in [2.75, 3.05) is 13.6 Å². The van der Waals surface area contributed by atoms with Crippen molar-refractivity contribution in [3.8, 4) is 0 Å². The zero-order valence-electron chi connectivity index (χ0n) is 12.7. The molecule has 0 radical (unpaired) electrons. The van der Waals surface area contributed by atoms with Gasteiger partial charge in [-0.15, -0.1) is 0 Å². The Bertz CT molecular complexity index is 474. The second-order valence-corrected chi connectivity index (χ2v) is 5.07. The molecular formula is C16H24N2O3. The van der Waals surface area contributed by atoms with Crippen LogP contribution >= 0.6 is 0 Å². The third kappa shape index (κ3) is 5.95. The van der Waals surface area contributed by atoms with Crippen molar-refractivity contribution in [2.24, 2.45) is 0 Å². The van der Waals surface area contributed by atoms with Gasteiger partial charge in [-0.25, -0.2) is 0 Å². The fourth-order valence-corrected chi connectivity index (χ4v) is 2.27. The Hall–Kier alpha value is -1.88. The van der Waals surface area contributed by atoms with E-state index in [4.69, 9.17) is 5.11 Å². The predicted molar refractivity (Wildman–Crippen MR) is 82.5 cm³/mol. The minimum Gasteiger partial charge on any atom is -0.481 e. The molecule has 0 aliphatic rings. The molecule has 0 saturated heterocycles. The summed E-state index contributed by atoms with van der Waals surface area (Å²) in [5.41, 5.74) is 1.59. The van der Waals surface area contributed by atoms with Gasteiger partial charge in [-0.1, -0.05) is 31.5 Å². The van der Waals surface area contributed by atoms with E-state index in [1.165, 1.54) is 0 Å². The maximum Gasteiger partial charge on any atom is 0.305 e. The van der Waals surface area contributed by atoms with Gasteiger partial charge in [-0.2, -0.15) is 0 Å². The molecule has 0 aliphatic heterocycles. The third-order valence-electron chi connectivity index (χ3n) is 3.30. The SMILES string of the molecule is CCCC(CC(=O)O)NC(=O)c1ccccc1CCNC. The number of carbonyl (C=O) groups is 2. The molecule has 0 aliphatic carbocycles. The molecule has 21 heavy (non-hydrogen) atoms. The van der Waals surface area contributed by atoms with E-state index in [9.17, 15) is 9.59 Å². The summed E-state index contributed by atoms with van der Waals surface area (Å²) in [5, 5.41) is 14.8. The first-order chi connectivity index (χ1) is 10.1. The molecule has 1 rings (SSSR count). The van der Waals surface area contributed by atoms with Crippen molar-refractivity contribution < 1.29 is 14.7 Å². The average Bonchev–Trinajstić information content (AvgIpc) is 2.45. The number of benzene rings is 1. The number of carboxylic acid groups (broad SMARTS) is 1. The number of likely N-dealkylation sites (N-methyl/N-ethyl adjacent to an activating group) is 1. The van der Waals surface area contributed by atoms with Crippen LogP contribution in [0.1, 0.15) is 42.1 Å². The number of nitrogens with one attached hydrogen (secondary N) is 2. The van der Waals surface area contributed by atoms with Gasteiger partial charge in [-0.05, 0) is 38.1 Å². The van der Waals surface area contributed by atoms with Crippen molar-refractivity contribution in [1.82, 2.24) is 10.6 Å². The molecule has 1 unspecified atom stereocenters. The summed E-state index contributed by atoms with van der Waals surface area (Å²) in [6.45, 7) is 2.76. The Balaban J connectivity index is 2.79. The normalized spacial score (nSPS) is 11.9. The van der Waals surface area contributed by atoms with Crippen LogP contribution in [0.2, 0.25) is 0 Å². The minimum absolute atomic E-state index is 0.0434. The molecular weight excluding hydrogens is 268 g/mol. The van der Waals surface area contributed by atoms with E-state index in [0.717, 1.165) is 24.9 Å². The highest BCUT2D eigenvalue weighted by Crippen LogP contribution is 2.11. The Morgan fingerprint density at radius 2 is 2.00 bits per heavy atom. The molecule has 0 aromatic heterocycles.